The number of nitrogens with zero attached hydrogens (tertiary/aromatic N) is 1. The van der Waals surface area contributed by atoms with Crippen LogP contribution in [0.3, 0.4) is 0 Å². The Balaban J connectivity index is 2.24. The molecule has 0 aromatic rings. The van der Waals surface area contributed by atoms with Crippen LogP contribution >= 0.6 is 0 Å². The molecule has 2 unspecified atom stereocenters. The molecule has 1 saturated heterocycles. The second-order valence-electron chi connectivity index (χ2n) is 4.59. The van der Waals surface area contributed by atoms with Gasteiger partial charge in [0.1, 0.15) is 0 Å². The van der Waals surface area contributed by atoms with E-state index in [1.165, 1.54) is 0 Å². The third-order valence-corrected chi connectivity index (χ3v) is 3.50. The Labute approximate surface area is 98.8 Å². The molecule has 0 amide bonds. The third-order valence-electron chi connectivity index (χ3n) is 3.50. The molecule has 0 aliphatic carbocycles. The Bertz CT molecular complexity index is 178. The van der Waals surface area contributed by atoms with Gasteiger partial charge in [-0.15, -0.1) is 0 Å². The summed E-state index contributed by atoms with van der Waals surface area (Å²) in [5.74, 6) is 0. The average molecular weight is 230 g/mol. The fourth-order valence-electron chi connectivity index (χ4n) is 2.42. The van der Waals surface area contributed by atoms with E-state index in [1.54, 1.807) is 7.11 Å². The van der Waals surface area contributed by atoms with Gasteiger partial charge in [-0.2, -0.15) is 0 Å². The first-order chi connectivity index (χ1) is 7.81. The molecule has 1 rings (SSSR count). The van der Waals surface area contributed by atoms with Crippen LogP contribution in [0, 0.1) is 0 Å². The number of likely N-dealkylation sites (tertiary alicyclic amines) is 1. The molecular formula is C12H26N2O2. The maximum absolute atomic E-state index is 8.72. The number of methoxy groups -OCH3 is 1. The Morgan fingerprint density at radius 2 is 2.19 bits per heavy atom. The van der Waals surface area contributed by atoms with Gasteiger partial charge in [-0.1, -0.05) is 0 Å². The first-order valence-corrected chi connectivity index (χ1v) is 6.39. The van der Waals surface area contributed by atoms with Gasteiger partial charge in [0.2, 0.25) is 0 Å². The molecule has 0 aromatic carbocycles. The molecule has 0 saturated carbocycles. The van der Waals surface area contributed by atoms with E-state index in [1.807, 2.05) is 0 Å². The first-order valence-electron chi connectivity index (χ1n) is 6.39. The zero-order chi connectivity index (χ0) is 11.8. The van der Waals surface area contributed by atoms with Crippen molar-refractivity contribution in [2.75, 3.05) is 33.4 Å². The molecule has 1 fully saturated rings. The van der Waals surface area contributed by atoms with Gasteiger partial charge in [-0.3, -0.25) is 4.90 Å². The molecule has 16 heavy (non-hydrogen) atoms. The van der Waals surface area contributed by atoms with Crippen LogP contribution in [0.5, 0.6) is 0 Å². The lowest BCUT2D eigenvalue weighted by Crippen LogP contribution is -2.48. The normalized spacial score (nSPS) is 27.2. The summed E-state index contributed by atoms with van der Waals surface area (Å²) in [7, 11) is 1.79. The van der Waals surface area contributed by atoms with Crippen molar-refractivity contribution >= 4 is 0 Å². The number of aliphatic hydroxyl groups excluding tert-OH is 1. The highest BCUT2D eigenvalue weighted by atomic mass is 16.5. The number of hydrogen-bond donors (Lipinski definition) is 2. The Kier molecular flexibility index (Phi) is 6.96. The van der Waals surface area contributed by atoms with E-state index in [0.717, 1.165) is 51.7 Å². The molecule has 96 valence electrons. The number of piperidine rings is 1. The van der Waals surface area contributed by atoms with E-state index < -0.39 is 0 Å². The highest BCUT2D eigenvalue weighted by Gasteiger charge is 2.26. The standard InChI is InChI=1S/C12H26N2O2/c1-16-12-5-7-14(11(9-12)10-13)6-3-2-4-8-15/h11-12,15H,2-10,13H2,1H3. The van der Waals surface area contributed by atoms with Crippen LogP contribution < -0.4 is 5.73 Å². The van der Waals surface area contributed by atoms with Crippen molar-refractivity contribution in [1.82, 2.24) is 4.90 Å². The van der Waals surface area contributed by atoms with Crippen LogP contribution in [0.2, 0.25) is 0 Å². The molecule has 2 atom stereocenters. The minimum atomic E-state index is 0.312. The molecule has 1 aliphatic heterocycles. The van der Waals surface area contributed by atoms with E-state index in [9.17, 15) is 0 Å². The molecule has 0 aromatic heterocycles. The molecule has 1 aliphatic rings. The van der Waals surface area contributed by atoms with Crippen molar-refractivity contribution < 1.29 is 9.84 Å². The van der Waals surface area contributed by atoms with Crippen LogP contribution in [0.25, 0.3) is 0 Å². The van der Waals surface area contributed by atoms with Crippen molar-refractivity contribution in [1.29, 1.82) is 0 Å². The third kappa shape index (κ3) is 4.37. The zero-order valence-corrected chi connectivity index (χ0v) is 10.4. The number of rotatable bonds is 7. The lowest BCUT2D eigenvalue weighted by atomic mass is 9.99. The van der Waals surface area contributed by atoms with E-state index in [0.29, 0.717) is 18.8 Å². The van der Waals surface area contributed by atoms with Gasteiger partial charge in [-0.05, 0) is 38.6 Å². The number of aliphatic hydroxyl groups is 1. The molecule has 0 spiro atoms. The Morgan fingerprint density at radius 1 is 1.38 bits per heavy atom. The summed E-state index contributed by atoms with van der Waals surface area (Å²) in [4.78, 5) is 2.48. The van der Waals surface area contributed by atoms with E-state index in [4.69, 9.17) is 15.6 Å². The highest BCUT2D eigenvalue weighted by molar-refractivity contribution is 4.82. The van der Waals surface area contributed by atoms with Gasteiger partial charge in [-0.25, -0.2) is 0 Å². The molecule has 1 heterocycles. The van der Waals surface area contributed by atoms with Gasteiger partial charge < -0.3 is 15.6 Å². The quantitative estimate of drug-likeness (QED) is 0.628. The lowest BCUT2D eigenvalue weighted by Gasteiger charge is -2.38. The zero-order valence-electron chi connectivity index (χ0n) is 10.4. The van der Waals surface area contributed by atoms with E-state index in [-0.39, 0.29) is 0 Å². The molecule has 4 heteroatoms. The van der Waals surface area contributed by atoms with Gasteiger partial charge in [0.15, 0.2) is 0 Å². The summed E-state index contributed by atoms with van der Waals surface area (Å²) < 4.78 is 5.40. The van der Waals surface area contributed by atoms with Gasteiger partial charge >= 0.3 is 0 Å². The van der Waals surface area contributed by atoms with Crippen LogP contribution in [0.1, 0.15) is 32.1 Å². The summed E-state index contributed by atoms with van der Waals surface area (Å²) in [6.07, 6.45) is 5.76. The average Bonchev–Trinajstić information content (AvgIpc) is 2.34. The van der Waals surface area contributed by atoms with Gasteiger partial charge in [0.05, 0.1) is 6.10 Å². The van der Waals surface area contributed by atoms with Crippen molar-refractivity contribution in [2.24, 2.45) is 5.73 Å². The van der Waals surface area contributed by atoms with Crippen molar-refractivity contribution in [2.45, 2.75) is 44.2 Å². The summed E-state index contributed by atoms with van der Waals surface area (Å²) >= 11 is 0. The second-order valence-corrected chi connectivity index (χ2v) is 4.59. The summed E-state index contributed by atoms with van der Waals surface area (Å²) in [6.45, 7) is 3.24. The first kappa shape index (κ1) is 13.9. The summed E-state index contributed by atoms with van der Waals surface area (Å²) in [5, 5.41) is 8.72. The fourth-order valence-corrected chi connectivity index (χ4v) is 2.42. The maximum atomic E-state index is 8.72. The predicted octanol–water partition coefficient (Wildman–Crippen LogP) is 0.587. The van der Waals surface area contributed by atoms with Crippen LogP contribution in [0.4, 0.5) is 0 Å². The molecule has 0 bridgehead atoms. The number of nitrogens with two attached hydrogens (primary N) is 1. The number of ether oxygens (including phenoxy) is 1. The number of unbranched alkanes of at least 4 members (excludes halogenated alkanes) is 2. The van der Waals surface area contributed by atoms with Crippen LogP contribution in [-0.2, 0) is 4.74 Å². The predicted molar refractivity (Wildman–Crippen MR) is 65.4 cm³/mol. The monoisotopic (exact) mass is 230 g/mol. The molecule has 4 nitrogen and oxygen atoms in total. The van der Waals surface area contributed by atoms with Crippen molar-refractivity contribution in [3.63, 3.8) is 0 Å². The fraction of sp³-hybridized carbons (Fsp3) is 1.00. The largest absolute Gasteiger partial charge is 0.396 e. The topological polar surface area (TPSA) is 58.7 Å². The molecule has 0 radical (unpaired) electrons. The van der Waals surface area contributed by atoms with Crippen molar-refractivity contribution in [3.05, 3.63) is 0 Å². The van der Waals surface area contributed by atoms with E-state index >= 15 is 0 Å². The minimum absolute atomic E-state index is 0.312. The van der Waals surface area contributed by atoms with E-state index in [2.05, 4.69) is 4.90 Å². The Morgan fingerprint density at radius 3 is 2.81 bits per heavy atom. The van der Waals surface area contributed by atoms with Gasteiger partial charge in [0, 0.05) is 32.8 Å². The van der Waals surface area contributed by atoms with Gasteiger partial charge in [0.25, 0.3) is 0 Å². The highest BCUT2D eigenvalue weighted by Crippen LogP contribution is 2.19. The number of hydrogen-bond acceptors (Lipinski definition) is 4. The SMILES string of the molecule is COC1CCN(CCCCCO)C(CN)C1. The van der Waals surface area contributed by atoms with Crippen molar-refractivity contribution in [3.8, 4) is 0 Å². The van der Waals surface area contributed by atoms with Crippen LogP contribution in [-0.4, -0.2) is 55.5 Å². The van der Waals surface area contributed by atoms with Crippen LogP contribution in [0.15, 0.2) is 0 Å². The lowest BCUT2D eigenvalue weighted by molar-refractivity contribution is 0.0127. The minimum Gasteiger partial charge on any atom is -0.396 e. The second kappa shape index (κ2) is 8.01. The summed E-state index contributed by atoms with van der Waals surface area (Å²) in [5.41, 5.74) is 5.80. The smallest absolute Gasteiger partial charge is 0.0599 e. The summed E-state index contributed by atoms with van der Waals surface area (Å²) in [6, 6.07) is 0.479. The Hall–Kier alpha value is -0.160. The molecule has 3 N–H and O–H groups in total. The molecular weight excluding hydrogens is 204 g/mol. The maximum Gasteiger partial charge on any atom is 0.0599 e.